The molecule has 0 radical (unpaired) electrons. The molecule has 0 saturated carbocycles. The number of aromatic nitrogens is 1. The zero-order valence-corrected chi connectivity index (χ0v) is 12.5. The van der Waals surface area contributed by atoms with E-state index in [1.165, 1.54) is 6.20 Å². The molecule has 0 bridgehead atoms. The SMILES string of the molecule is Cc1ccc(NC(=O)c2cnoc2-c2ccccc2)c(C)c1. The van der Waals surface area contributed by atoms with E-state index < -0.39 is 0 Å². The van der Waals surface area contributed by atoms with Gasteiger partial charge >= 0.3 is 0 Å². The number of aryl methyl sites for hydroxylation is 2. The molecule has 0 unspecified atom stereocenters. The summed E-state index contributed by atoms with van der Waals surface area (Å²) in [5.41, 5.74) is 4.21. The quantitative estimate of drug-likeness (QED) is 0.786. The third-order valence-corrected chi connectivity index (χ3v) is 3.48. The number of hydrogen-bond acceptors (Lipinski definition) is 3. The van der Waals surface area contributed by atoms with E-state index in [9.17, 15) is 4.79 Å². The fourth-order valence-corrected chi connectivity index (χ4v) is 2.34. The molecular weight excluding hydrogens is 276 g/mol. The second-order valence-electron chi connectivity index (χ2n) is 5.21. The molecule has 3 rings (SSSR count). The van der Waals surface area contributed by atoms with Crippen LogP contribution in [0.25, 0.3) is 11.3 Å². The Bertz CT molecular complexity index is 807. The molecule has 110 valence electrons. The fourth-order valence-electron chi connectivity index (χ4n) is 2.34. The molecule has 0 fully saturated rings. The third-order valence-electron chi connectivity index (χ3n) is 3.48. The van der Waals surface area contributed by atoms with E-state index in [-0.39, 0.29) is 5.91 Å². The number of nitrogens with zero attached hydrogens (tertiary/aromatic N) is 1. The van der Waals surface area contributed by atoms with Gasteiger partial charge in [-0.15, -0.1) is 0 Å². The first-order chi connectivity index (χ1) is 10.6. The summed E-state index contributed by atoms with van der Waals surface area (Å²) in [6.07, 6.45) is 1.45. The van der Waals surface area contributed by atoms with Crippen LogP contribution >= 0.6 is 0 Å². The van der Waals surface area contributed by atoms with Crippen molar-refractivity contribution in [3.63, 3.8) is 0 Å². The highest BCUT2D eigenvalue weighted by Gasteiger charge is 2.18. The summed E-state index contributed by atoms with van der Waals surface area (Å²) >= 11 is 0. The van der Waals surface area contributed by atoms with E-state index in [1.54, 1.807) is 0 Å². The van der Waals surface area contributed by atoms with Crippen molar-refractivity contribution in [1.29, 1.82) is 0 Å². The van der Waals surface area contributed by atoms with Crippen molar-refractivity contribution in [1.82, 2.24) is 5.16 Å². The molecule has 22 heavy (non-hydrogen) atoms. The molecular formula is C18H16N2O2. The number of carbonyl (C=O) groups is 1. The van der Waals surface area contributed by atoms with Crippen molar-refractivity contribution in [3.05, 3.63) is 71.4 Å². The molecule has 2 aromatic carbocycles. The lowest BCUT2D eigenvalue weighted by Crippen LogP contribution is -2.13. The number of hydrogen-bond donors (Lipinski definition) is 1. The topological polar surface area (TPSA) is 55.1 Å². The molecule has 1 N–H and O–H groups in total. The Balaban J connectivity index is 1.89. The summed E-state index contributed by atoms with van der Waals surface area (Å²) in [5, 5.41) is 6.67. The Kier molecular flexibility index (Phi) is 3.74. The summed E-state index contributed by atoms with van der Waals surface area (Å²) in [4.78, 5) is 12.5. The van der Waals surface area contributed by atoms with Crippen molar-refractivity contribution in [2.45, 2.75) is 13.8 Å². The fraction of sp³-hybridized carbons (Fsp3) is 0.111. The Morgan fingerprint density at radius 2 is 1.86 bits per heavy atom. The van der Waals surface area contributed by atoms with E-state index in [0.717, 1.165) is 22.4 Å². The summed E-state index contributed by atoms with van der Waals surface area (Å²) in [6, 6.07) is 15.4. The maximum Gasteiger partial charge on any atom is 0.261 e. The molecule has 1 amide bonds. The summed E-state index contributed by atoms with van der Waals surface area (Å²) in [5.74, 6) is 0.245. The maximum absolute atomic E-state index is 12.5. The minimum atomic E-state index is -0.230. The number of amides is 1. The van der Waals surface area contributed by atoms with Crippen molar-refractivity contribution < 1.29 is 9.32 Å². The summed E-state index contributed by atoms with van der Waals surface area (Å²) in [7, 11) is 0. The molecule has 4 heteroatoms. The van der Waals surface area contributed by atoms with Crippen LogP contribution in [0.15, 0.2) is 59.3 Å². The van der Waals surface area contributed by atoms with Gasteiger partial charge in [-0.1, -0.05) is 53.2 Å². The molecule has 0 saturated heterocycles. The number of nitrogens with one attached hydrogen (secondary N) is 1. The van der Waals surface area contributed by atoms with Crippen LogP contribution in [0.3, 0.4) is 0 Å². The van der Waals surface area contributed by atoms with E-state index >= 15 is 0 Å². The predicted molar refractivity (Wildman–Crippen MR) is 85.8 cm³/mol. The van der Waals surface area contributed by atoms with Gasteiger partial charge < -0.3 is 9.84 Å². The van der Waals surface area contributed by atoms with Gasteiger partial charge in [-0.2, -0.15) is 0 Å². The maximum atomic E-state index is 12.5. The molecule has 0 aliphatic carbocycles. The molecule has 1 aromatic heterocycles. The molecule has 3 aromatic rings. The van der Waals surface area contributed by atoms with Crippen LogP contribution in [0.4, 0.5) is 5.69 Å². The Hall–Kier alpha value is -2.88. The van der Waals surface area contributed by atoms with Gasteiger partial charge in [0.1, 0.15) is 5.56 Å². The predicted octanol–water partition coefficient (Wildman–Crippen LogP) is 4.21. The van der Waals surface area contributed by atoms with E-state index in [1.807, 2.05) is 62.4 Å². The first kappa shape index (κ1) is 14.1. The van der Waals surface area contributed by atoms with Crippen molar-refractivity contribution in [3.8, 4) is 11.3 Å². The molecule has 0 aliphatic rings. The minimum Gasteiger partial charge on any atom is -0.355 e. The number of benzene rings is 2. The van der Waals surface area contributed by atoms with Crippen molar-refractivity contribution in [2.75, 3.05) is 5.32 Å². The lowest BCUT2D eigenvalue weighted by molar-refractivity contribution is 0.102. The summed E-state index contributed by atoms with van der Waals surface area (Å²) in [6.45, 7) is 3.99. The van der Waals surface area contributed by atoms with Crippen LogP contribution in [0.5, 0.6) is 0 Å². The van der Waals surface area contributed by atoms with E-state index in [4.69, 9.17) is 4.52 Å². The number of anilines is 1. The molecule has 0 aliphatic heterocycles. The van der Waals surface area contributed by atoms with Crippen LogP contribution in [0, 0.1) is 13.8 Å². The molecule has 4 nitrogen and oxygen atoms in total. The smallest absolute Gasteiger partial charge is 0.261 e. The van der Waals surface area contributed by atoms with Gasteiger partial charge in [0.2, 0.25) is 0 Å². The van der Waals surface area contributed by atoms with Crippen LogP contribution in [0.2, 0.25) is 0 Å². The highest BCUT2D eigenvalue weighted by Crippen LogP contribution is 2.25. The highest BCUT2D eigenvalue weighted by atomic mass is 16.5. The zero-order valence-electron chi connectivity index (χ0n) is 12.5. The van der Waals surface area contributed by atoms with Gasteiger partial charge in [0.05, 0.1) is 6.20 Å². The van der Waals surface area contributed by atoms with Gasteiger partial charge in [0.15, 0.2) is 5.76 Å². The standard InChI is InChI=1S/C18H16N2O2/c1-12-8-9-16(13(2)10-12)20-18(21)15-11-19-22-17(15)14-6-4-3-5-7-14/h3-11H,1-2H3,(H,20,21). The van der Waals surface area contributed by atoms with E-state index in [2.05, 4.69) is 10.5 Å². The Morgan fingerprint density at radius 1 is 1.09 bits per heavy atom. The third kappa shape index (κ3) is 2.76. The van der Waals surface area contributed by atoms with Gasteiger partial charge in [-0.3, -0.25) is 4.79 Å². The Labute approximate surface area is 128 Å². The highest BCUT2D eigenvalue weighted by molar-refractivity contribution is 6.07. The van der Waals surface area contributed by atoms with Crippen LogP contribution in [-0.4, -0.2) is 11.1 Å². The zero-order chi connectivity index (χ0) is 15.5. The summed E-state index contributed by atoms with van der Waals surface area (Å²) < 4.78 is 5.25. The normalized spacial score (nSPS) is 10.5. The number of carbonyl (C=O) groups excluding carboxylic acids is 1. The molecule has 1 heterocycles. The average Bonchev–Trinajstić information content (AvgIpc) is 3.00. The van der Waals surface area contributed by atoms with Gasteiger partial charge in [-0.05, 0) is 25.5 Å². The molecule has 0 spiro atoms. The largest absolute Gasteiger partial charge is 0.355 e. The first-order valence-corrected chi connectivity index (χ1v) is 7.04. The van der Waals surface area contributed by atoms with Crippen LogP contribution in [-0.2, 0) is 0 Å². The van der Waals surface area contributed by atoms with Crippen LogP contribution < -0.4 is 5.32 Å². The lowest BCUT2D eigenvalue weighted by atomic mass is 10.1. The lowest BCUT2D eigenvalue weighted by Gasteiger charge is -2.08. The molecule has 0 atom stereocenters. The number of rotatable bonds is 3. The average molecular weight is 292 g/mol. The van der Waals surface area contributed by atoms with Crippen molar-refractivity contribution >= 4 is 11.6 Å². The van der Waals surface area contributed by atoms with Gasteiger partial charge in [0, 0.05) is 11.3 Å². The second-order valence-corrected chi connectivity index (χ2v) is 5.21. The Morgan fingerprint density at radius 3 is 2.59 bits per heavy atom. The van der Waals surface area contributed by atoms with Gasteiger partial charge in [-0.25, -0.2) is 0 Å². The van der Waals surface area contributed by atoms with Crippen LogP contribution in [0.1, 0.15) is 21.5 Å². The van der Waals surface area contributed by atoms with Crippen molar-refractivity contribution in [2.24, 2.45) is 0 Å². The monoisotopic (exact) mass is 292 g/mol. The van der Waals surface area contributed by atoms with Gasteiger partial charge in [0.25, 0.3) is 5.91 Å². The first-order valence-electron chi connectivity index (χ1n) is 7.04. The minimum absolute atomic E-state index is 0.230. The second kappa shape index (κ2) is 5.85. The van der Waals surface area contributed by atoms with E-state index in [0.29, 0.717) is 11.3 Å².